The predicted octanol–water partition coefficient (Wildman–Crippen LogP) is 4.01. The first-order valence-electron chi connectivity index (χ1n) is 14.2. The molecule has 3 fully saturated rings. The summed E-state index contributed by atoms with van der Waals surface area (Å²) in [6, 6.07) is 8.47. The summed E-state index contributed by atoms with van der Waals surface area (Å²) >= 11 is 6.55. The Morgan fingerprint density at radius 2 is 1.90 bits per heavy atom. The number of hydrogen-bond donors (Lipinski definition) is 1. The molecule has 3 atom stereocenters. The molecule has 1 N–H and O–H groups in total. The quantitative estimate of drug-likeness (QED) is 0.453. The van der Waals surface area contributed by atoms with Crippen LogP contribution in [0.5, 0.6) is 5.75 Å². The Morgan fingerprint density at radius 1 is 1.12 bits per heavy atom. The van der Waals surface area contributed by atoms with Crippen LogP contribution in [0.1, 0.15) is 38.1 Å². The van der Waals surface area contributed by atoms with Gasteiger partial charge in [0.05, 0.1) is 57.6 Å². The number of hydrogen-bond acceptors (Lipinski definition) is 8. The van der Waals surface area contributed by atoms with Crippen LogP contribution in [0.3, 0.4) is 0 Å². The molecule has 0 amide bonds. The fourth-order valence-corrected chi connectivity index (χ4v) is 6.20. The molecule has 5 rings (SSSR count). The van der Waals surface area contributed by atoms with Crippen molar-refractivity contribution in [1.82, 2.24) is 9.78 Å². The molecule has 3 aliphatic rings. The molecule has 1 aromatic heterocycles. The van der Waals surface area contributed by atoms with E-state index in [0.29, 0.717) is 51.3 Å². The van der Waals surface area contributed by atoms with Gasteiger partial charge in [-0.3, -0.25) is 4.79 Å². The number of methoxy groups -OCH3 is 1. The smallest absolute Gasteiger partial charge is 0.287 e. The maximum Gasteiger partial charge on any atom is 0.287 e. The SMILES string of the molecule is C#C[C@@H]1CCOC[C@H]1CNc1cnn([C@H]2CC[C@H](N(C[C@@H]3COCCO3)c3ccc(OC)cc3)CC2)c(=O)c1Cl. The Hall–Kier alpha value is -2.77. The Balaban J connectivity index is 1.23. The minimum absolute atomic E-state index is 0.000142. The number of ether oxygens (including phenoxy) is 4. The zero-order chi connectivity index (χ0) is 27.9. The van der Waals surface area contributed by atoms with Crippen LogP contribution in [0.25, 0.3) is 0 Å². The highest BCUT2D eigenvalue weighted by atomic mass is 35.5. The van der Waals surface area contributed by atoms with E-state index in [-0.39, 0.29) is 34.6 Å². The molecular formula is C30H39ClN4O5. The van der Waals surface area contributed by atoms with Gasteiger partial charge in [-0.15, -0.1) is 12.3 Å². The van der Waals surface area contributed by atoms with E-state index in [1.165, 1.54) is 0 Å². The van der Waals surface area contributed by atoms with E-state index in [1.807, 2.05) is 12.1 Å². The van der Waals surface area contributed by atoms with Gasteiger partial charge in [0.2, 0.25) is 0 Å². The van der Waals surface area contributed by atoms with Gasteiger partial charge >= 0.3 is 0 Å². The second-order valence-corrected chi connectivity index (χ2v) is 11.2. The van der Waals surface area contributed by atoms with Crippen LogP contribution in [0.2, 0.25) is 5.02 Å². The number of halogens is 1. The van der Waals surface area contributed by atoms with E-state index in [4.69, 9.17) is 37.0 Å². The molecular weight excluding hydrogens is 532 g/mol. The molecule has 1 saturated carbocycles. The van der Waals surface area contributed by atoms with Gasteiger partial charge < -0.3 is 29.2 Å². The minimum Gasteiger partial charge on any atom is -0.497 e. The lowest BCUT2D eigenvalue weighted by atomic mass is 9.89. The number of nitrogens with one attached hydrogen (secondary N) is 1. The van der Waals surface area contributed by atoms with Gasteiger partial charge in [0.1, 0.15) is 10.8 Å². The van der Waals surface area contributed by atoms with Crippen LogP contribution in [0.4, 0.5) is 11.4 Å². The zero-order valence-electron chi connectivity index (χ0n) is 23.1. The summed E-state index contributed by atoms with van der Waals surface area (Å²) < 4.78 is 24.2. The molecule has 216 valence electrons. The summed E-state index contributed by atoms with van der Waals surface area (Å²) in [6.45, 7) is 4.47. The van der Waals surface area contributed by atoms with Gasteiger partial charge in [0.15, 0.2) is 0 Å². The van der Waals surface area contributed by atoms with E-state index >= 15 is 0 Å². The molecule has 0 spiro atoms. The number of anilines is 2. The lowest BCUT2D eigenvalue weighted by Crippen LogP contribution is -2.46. The first kappa shape index (κ1) is 28.7. The molecule has 1 aliphatic carbocycles. The third-order valence-corrected chi connectivity index (χ3v) is 8.69. The van der Waals surface area contributed by atoms with Crippen LogP contribution >= 0.6 is 11.6 Å². The normalized spacial score (nSPS) is 27.0. The number of aromatic nitrogens is 2. The number of terminal acetylenes is 1. The maximum atomic E-state index is 13.2. The van der Waals surface area contributed by atoms with E-state index in [9.17, 15) is 4.79 Å². The molecule has 2 saturated heterocycles. The van der Waals surface area contributed by atoms with Gasteiger partial charge in [-0.05, 0) is 56.4 Å². The second kappa shape index (κ2) is 13.7. The maximum absolute atomic E-state index is 13.2. The lowest BCUT2D eigenvalue weighted by Gasteiger charge is -2.40. The van der Waals surface area contributed by atoms with Crippen molar-refractivity contribution in [2.24, 2.45) is 11.8 Å². The summed E-state index contributed by atoms with van der Waals surface area (Å²) in [5.41, 5.74) is 1.41. The largest absolute Gasteiger partial charge is 0.497 e. The van der Waals surface area contributed by atoms with Crippen molar-refractivity contribution >= 4 is 23.0 Å². The van der Waals surface area contributed by atoms with E-state index < -0.39 is 0 Å². The molecule has 0 bridgehead atoms. The van der Waals surface area contributed by atoms with E-state index in [2.05, 4.69) is 33.4 Å². The van der Waals surface area contributed by atoms with Crippen LogP contribution in [0, 0.1) is 24.2 Å². The Morgan fingerprint density at radius 3 is 2.60 bits per heavy atom. The van der Waals surface area contributed by atoms with Gasteiger partial charge in [-0.25, -0.2) is 4.68 Å². The first-order valence-corrected chi connectivity index (χ1v) is 14.6. The van der Waals surface area contributed by atoms with Crippen LogP contribution in [-0.2, 0) is 14.2 Å². The van der Waals surface area contributed by atoms with Crippen molar-refractivity contribution in [3.63, 3.8) is 0 Å². The van der Waals surface area contributed by atoms with Crippen molar-refractivity contribution in [2.75, 3.05) is 63.5 Å². The van der Waals surface area contributed by atoms with E-state index in [0.717, 1.165) is 50.1 Å². The second-order valence-electron chi connectivity index (χ2n) is 10.8. The van der Waals surface area contributed by atoms with Crippen molar-refractivity contribution in [3.8, 4) is 18.1 Å². The summed E-state index contributed by atoms with van der Waals surface area (Å²) in [5, 5.41) is 7.98. The minimum atomic E-state index is -0.261. The average molecular weight is 571 g/mol. The third kappa shape index (κ3) is 6.74. The first-order chi connectivity index (χ1) is 19.6. The number of benzene rings is 1. The lowest BCUT2D eigenvalue weighted by molar-refractivity contribution is -0.0847. The molecule has 1 aromatic carbocycles. The monoisotopic (exact) mass is 570 g/mol. The Kier molecular flexibility index (Phi) is 9.87. The summed E-state index contributed by atoms with van der Waals surface area (Å²) in [6.07, 6.45) is 11.7. The van der Waals surface area contributed by atoms with Gasteiger partial charge in [0.25, 0.3) is 5.56 Å². The van der Waals surface area contributed by atoms with Crippen molar-refractivity contribution in [3.05, 3.63) is 45.8 Å². The summed E-state index contributed by atoms with van der Waals surface area (Å²) in [4.78, 5) is 15.7. The van der Waals surface area contributed by atoms with Gasteiger partial charge in [0, 0.05) is 43.3 Å². The highest BCUT2D eigenvalue weighted by molar-refractivity contribution is 6.32. The fraction of sp³-hybridized carbons (Fsp3) is 0.600. The third-order valence-electron chi connectivity index (χ3n) is 8.33. The van der Waals surface area contributed by atoms with Crippen LogP contribution < -0.4 is 20.5 Å². The van der Waals surface area contributed by atoms with Crippen molar-refractivity contribution in [1.29, 1.82) is 0 Å². The fourth-order valence-electron chi connectivity index (χ4n) is 6.00. The molecule has 0 unspecified atom stereocenters. The Bertz CT molecular complexity index is 1200. The van der Waals surface area contributed by atoms with Crippen LogP contribution in [-0.4, -0.2) is 75.2 Å². The summed E-state index contributed by atoms with van der Waals surface area (Å²) in [5.74, 6) is 4.01. The highest BCUT2D eigenvalue weighted by Gasteiger charge is 2.31. The molecule has 0 radical (unpaired) electrons. The average Bonchev–Trinajstić information content (AvgIpc) is 3.01. The van der Waals surface area contributed by atoms with Crippen LogP contribution in [0.15, 0.2) is 35.3 Å². The van der Waals surface area contributed by atoms with Gasteiger partial charge in [-0.1, -0.05) is 11.6 Å². The zero-order valence-corrected chi connectivity index (χ0v) is 23.9. The predicted molar refractivity (Wildman–Crippen MR) is 155 cm³/mol. The van der Waals surface area contributed by atoms with Gasteiger partial charge in [-0.2, -0.15) is 5.10 Å². The molecule has 3 heterocycles. The topological polar surface area (TPSA) is 87.1 Å². The highest BCUT2D eigenvalue weighted by Crippen LogP contribution is 2.34. The Labute approximate surface area is 241 Å². The van der Waals surface area contributed by atoms with E-state index in [1.54, 1.807) is 18.0 Å². The van der Waals surface area contributed by atoms with Crippen molar-refractivity contribution < 1.29 is 18.9 Å². The molecule has 2 aromatic rings. The molecule has 9 nitrogen and oxygen atoms in total. The number of nitrogens with zero attached hydrogens (tertiary/aromatic N) is 3. The molecule has 10 heteroatoms. The summed E-state index contributed by atoms with van der Waals surface area (Å²) in [7, 11) is 1.67. The molecule has 40 heavy (non-hydrogen) atoms. The molecule has 2 aliphatic heterocycles. The van der Waals surface area contributed by atoms with Crippen molar-refractivity contribution in [2.45, 2.75) is 50.3 Å². The standard InChI is InChI=1S/C30H39ClN4O5/c1-3-21-12-13-38-19-22(21)16-32-28-17-33-35(30(36)29(28)31)25-6-4-23(5-7-25)34(18-27-20-39-14-15-40-27)24-8-10-26(37-2)11-9-24/h1,8-11,17,21-23,25,27,32H,4-7,12-16,18-20H2,2H3/t21-,22-,23-,25-,27-/m1/s1. The number of rotatable bonds is 9.